The fraction of sp³-hybridized carbons (Fsp3) is 0.190. The molecule has 0 saturated heterocycles. The lowest BCUT2D eigenvalue weighted by Crippen LogP contribution is -2.24. The first kappa shape index (κ1) is 19.2. The van der Waals surface area contributed by atoms with Crippen LogP contribution in [0.4, 0.5) is 0 Å². The predicted octanol–water partition coefficient (Wildman–Crippen LogP) is 3.54. The van der Waals surface area contributed by atoms with Crippen molar-refractivity contribution in [2.45, 2.75) is 20.4 Å². The van der Waals surface area contributed by atoms with Gasteiger partial charge in [0.2, 0.25) is 5.88 Å². The number of carbonyl (C=O) groups excluding carboxylic acids is 2. The van der Waals surface area contributed by atoms with E-state index in [1.165, 1.54) is 7.11 Å². The summed E-state index contributed by atoms with van der Waals surface area (Å²) in [4.78, 5) is 31.6. The molecule has 7 nitrogen and oxygen atoms in total. The van der Waals surface area contributed by atoms with Crippen LogP contribution < -0.4 is 10.1 Å². The number of H-pyrrole nitrogens is 1. The standard InChI is InChI=1S/C21H21N3O4/c1-13-18(21(26)27-3)14(2)24-19(13)20(25)23-12-15-9-10-22-17(11-15)28-16-7-5-4-6-8-16/h4-11,24H,12H2,1-3H3,(H,23,25). The SMILES string of the molecule is COC(=O)c1c(C)[nH]c(C(=O)NCc2ccnc(Oc3ccccc3)c2)c1C. The lowest BCUT2D eigenvalue weighted by Gasteiger charge is -2.08. The van der Waals surface area contributed by atoms with Gasteiger partial charge in [-0.1, -0.05) is 18.2 Å². The molecule has 0 spiro atoms. The maximum Gasteiger partial charge on any atom is 0.339 e. The van der Waals surface area contributed by atoms with Crippen molar-refractivity contribution in [2.24, 2.45) is 0 Å². The first-order valence-corrected chi connectivity index (χ1v) is 8.73. The maximum absolute atomic E-state index is 12.5. The Kier molecular flexibility index (Phi) is 5.74. The molecule has 7 heteroatoms. The molecule has 0 aliphatic rings. The molecule has 1 aromatic carbocycles. The van der Waals surface area contributed by atoms with E-state index in [1.54, 1.807) is 32.2 Å². The van der Waals surface area contributed by atoms with E-state index in [-0.39, 0.29) is 12.5 Å². The number of esters is 1. The van der Waals surface area contributed by atoms with Gasteiger partial charge in [-0.15, -0.1) is 0 Å². The molecule has 2 heterocycles. The van der Waals surface area contributed by atoms with Crippen molar-refractivity contribution >= 4 is 11.9 Å². The summed E-state index contributed by atoms with van der Waals surface area (Å²) >= 11 is 0. The number of nitrogens with zero attached hydrogens (tertiary/aromatic N) is 1. The number of aromatic amines is 1. The fourth-order valence-electron chi connectivity index (χ4n) is 2.88. The highest BCUT2D eigenvalue weighted by Gasteiger charge is 2.22. The van der Waals surface area contributed by atoms with Crippen LogP contribution in [0.1, 0.15) is 37.7 Å². The zero-order chi connectivity index (χ0) is 20.1. The van der Waals surface area contributed by atoms with Crippen LogP contribution in [0.5, 0.6) is 11.6 Å². The Morgan fingerprint density at radius 3 is 2.61 bits per heavy atom. The van der Waals surface area contributed by atoms with Crippen molar-refractivity contribution in [3.63, 3.8) is 0 Å². The number of nitrogens with one attached hydrogen (secondary N) is 2. The summed E-state index contributed by atoms with van der Waals surface area (Å²) in [5, 5.41) is 2.84. The Morgan fingerprint density at radius 2 is 1.89 bits per heavy atom. The molecule has 3 aromatic rings. The van der Waals surface area contributed by atoms with Crippen LogP contribution in [-0.2, 0) is 11.3 Å². The summed E-state index contributed by atoms with van der Waals surface area (Å²) in [6, 6.07) is 12.9. The monoisotopic (exact) mass is 379 g/mol. The minimum Gasteiger partial charge on any atom is -0.465 e. The number of rotatable bonds is 6. The summed E-state index contributed by atoms with van der Waals surface area (Å²) in [7, 11) is 1.31. The van der Waals surface area contributed by atoms with Crippen LogP contribution in [0.2, 0.25) is 0 Å². The Morgan fingerprint density at radius 1 is 1.14 bits per heavy atom. The van der Waals surface area contributed by atoms with Gasteiger partial charge in [-0.2, -0.15) is 0 Å². The highest BCUT2D eigenvalue weighted by molar-refractivity contribution is 6.00. The lowest BCUT2D eigenvalue weighted by molar-refractivity contribution is 0.0599. The number of aromatic nitrogens is 2. The van der Waals surface area contributed by atoms with E-state index in [9.17, 15) is 9.59 Å². The second kappa shape index (κ2) is 8.39. The minimum absolute atomic E-state index is 0.289. The third-order valence-corrected chi connectivity index (χ3v) is 4.27. The van der Waals surface area contributed by atoms with Gasteiger partial charge < -0.3 is 19.8 Å². The molecule has 2 N–H and O–H groups in total. The minimum atomic E-state index is -0.470. The third kappa shape index (κ3) is 4.20. The molecule has 0 aliphatic heterocycles. The summed E-state index contributed by atoms with van der Waals surface area (Å²) in [6.07, 6.45) is 1.62. The smallest absolute Gasteiger partial charge is 0.339 e. The second-order valence-corrected chi connectivity index (χ2v) is 6.22. The van der Waals surface area contributed by atoms with Crippen LogP contribution >= 0.6 is 0 Å². The van der Waals surface area contributed by atoms with Crippen molar-refractivity contribution in [3.05, 3.63) is 76.7 Å². The Hall–Kier alpha value is -3.61. The van der Waals surface area contributed by atoms with Crippen molar-refractivity contribution < 1.29 is 19.1 Å². The predicted molar refractivity (Wildman–Crippen MR) is 104 cm³/mol. The van der Waals surface area contributed by atoms with E-state index >= 15 is 0 Å². The molecule has 0 fully saturated rings. The molecule has 0 bridgehead atoms. The molecular formula is C21H21N3O4. The summed E-state index contributed by atoms with van der Waals surface area (Å²) in [5.74, 6) is 0.349. The number of aryl methyl sites for hydroxylation is 1. The molecule has 2 aromatic heterocycles. The molecule has 0 saturated carbocycles. The molecule has 28 heavy (non-hydrogen) atoms. The molecule has 144 valence electrons. The van der Waals surface area contributed by atoms with Crippen LogP contribution in [0.25, 0.3) is 0 Å². The van der Waals surface area contributed by atoms with Crippen LogP contribution in [0, 0.1) is 13.8 Å². The largest absolute Gasteiger partial charge is 0.465 e. The van der Waals surface area contributed by atoms with E-state index in [1.807, 2.05) is 30.3 Å². The average molecular weight is 379 g/mol. The summed E-state index contributed by atoms with van der Waals surface area (Å²) < 4.78 is 10.5. The number of methoxy groups -OCH3 is 1. The quantitative estimate of drug-likeness (QED) is 0.639. The van der Waals surface area contributed by atoms with Crippen molar-refractivity contribution in [3.8, 4) is 11.6 Å². The number of amides is 1. The second-order valence-electron chi connectivity index (χ2n) is 6.22. The van der Waals surface area contributed by atoms with E-state index in [0.29, 0.717) is 34.1 Å². The molecule has 0 atom stereocenters. The van der Waals surface area contributed by atoms with Gasteiger partial charge in [-0.25, -0.2) is 9.78 Å². The number of pyridine rings is 1. The van der Waals surface area contributed by atoms with Gasteiger partial charge in [0.15, 0.2) is 0 Å². The summed E-state index contributed by atoms with van der Waals surface area (Å²) in [6.45, 7) is 3.73. The Balaban J connectivity index is 1.68. The van der Waals surface area contributed by atoms with Gasteiger partial charge in [0.25, 0.3) is 5.91 Å². The van der Waals surface area contributed by atoms with Crippen LogP contribution in [0.15, 0.2) is 48.7 Å². The van der Waals surface area contributed by atoms with Gasteiger partial charge in [-0.3, -0.25) is 4.79 Å². The Bertz CT molecular complexity index is 996. The van der Waals surface area contributed by atoms with Gasteiger partial charge in [-0.05, 0) is 43.2 Å². The van der Waals surface area contributed by atoms with Gasteiger partial charge in [0.05, 0.1) is 12.7 Å². The Labute approximate surface area is 162 Å². The number of carbonyl (C=O) groups is 2. The zero-order valence-electron chi connectivity index (χ0n) is 15.9. The highest BCUT2D eigenvalue weighted by Crippen LogP contribution is 2.20. The van der Waals surface area contributed by atoms with Crippen molar-refractivity contribution in [1.82, 2.24) is 15.3 Å². The van der Waals surface area contributed by atoms with E-state index < -0.39 is 5.97 Å². The maximum atomic E-state index is 12.5. The number of para-hydroxylation sites is 1. The van der Waals surface area contributed by atoms with E-state index in [0.717, 1.165) is 5.56 Å². The van der Waals surface area contributed by atoms with Gasteiger partial charge in [0.1, 0.15) is 11.4 Å². The highest BCUT2D eigenvalue weighted by atomic mass is 16.5. The zero-order valence-corrected chi connectivity index (χ0v) is 15.9. The molecule has 0 radical (unpaired) electrons. The number of hydrogen-bond acceptors (Lipinski definition) is 5. The number of hydrogen-bond donors (Lipinski definition) is 2. The normalized spacial score (nSPS) is 10.4. The average Bonchev–Trinajstić information content (AvgIpc) is 3.01. The lowest BCUT2D eigenvalue weighted by atomic mass is 10.1. The molecule has 0 unspecified atom stereocenters. The first-order chi connectivity index (χ1) is 13.5. The number of benzene rings is 1. The third-order valence-electron chi connectivity index (χ3n) is 4.27. The van der Waals surface area contributed by atoms with E-state index in [4.69, 9.17) is 9.47 Å². The molecule has 0 aliphatic carbocycles. The van der Waals surface area contributed by atoms with Crippen molar-refractivity contribution in [2.75, 3.05) is 7.11 Å². The van der Waals surface area contributed by atoms with E-state index in [2.05, 4.69) is 15.3 Å². The topological polar surface area (TPSA) is 93.3 Å². The molecular weight excluding hydrogens is 358 g/mol. The van der Waals surface area contributed by atoms with Gasteiger partial charge in [0, 0.05) is 24.5 Å². The van der Waals surface area contributed by atoms with Gasteiger partial charge >= 0.3 is 5.97 Å². The molecule has 1 amide bonds. The number of ether oxygens (including phenoxy) is 2. The first-order valence-electron chi connectivity index (χ1n) is 8.73. The summed E-state index contributed by atoms with van der Waals surface area (Å²) in [5.41, 5.74) is 2.72. The van der Waals surface area contributed by atoms with Crippen molar-refractivity contribution in [1.29, 1.82) is 0 Å². The van der Waals surface area contributed by atoms with Crippen LogP contribution in [-0.4, -0.2) is 29.0 Å². The van der Waals surface area contributed by atoms with Crippen LogP contribution in [0.3, 0.4) is 0 Å². The fourth-order valence-corrected chi connectivity index (χ4v) is 2.88. The molecule has 3 rings (SSSR count).